The van der Waals surface area contributed by atoms with E-state index in [0.717, 1.165) is 71.5 Å². The molecule has 2 amide bonds. The lowest BCUT2D eigenvalue weighted by molar-refractivity contribution is 0.206. The fourth-order valence-corrected chi connectivity index (χ4v) is 5.30. The van der Waals surface area contributed by atoms with Gasteiger partial charge in [0.2, 0.25) is 0 Å². The number of nitrogens with one attached hydrogen (secondary N) is 2. The molecule has 0 bridgehead atoms. The number of aromatic nitrogens is 5. The average molecular weight is 466 g/mol. The molecule has 1 unspecified atom stereocenters. The summed E-state index contributed by atoms with van der Waals surface area (Å²) in [6, 6.07) is 6.29. The number of aromatic amines is 1. The van der Waals surface area contributed by atoms with Crippen LogP contribution in [-0.4, -0.2) is 55.3 Å². The van der Waals surface area contributed by atoms with Crippen molar-refractivity contribution < 1.29 is 4.79 Å². The maximum absolute atomic E-state index is 12.4. The molecule has 0 aromatic carbocycles. The molecule has 4 aromatic heterocycles. The average Bonchev–Trinajstić information content (AvgIpc) is 3.64. The second kappa shape index (κ2) is 8.27. The standard InChI is InChI=1S/C27H27N7O/c1-3-29-26(35)33-10-7-27(17-33)8-11-34-24(27)13-23(32-34)21-12-22-20(15-30-25(22)31-16-21)5-4-19-14-28-9-6-18(19)2/h6,9,12-16H,3,7-8,10-11,17H2,1-2H3,(H,29,35)(H,30,31). The fourth-order valence-electron chi connectivity index (χ4n) is 5.30. The van der Waals surface area contributed by atoms with E-state index >= 15 is 0 Å². The Labute approximate surface area is 203 Å². The van der Waals surface area contributed by atoms with Gasteiger partial charge in [0.15, 0.2) is 0 Å². The molecule has 2 aliphatic heterocycles. The topological polar surface area (TPSA) is 91.7 Å². The number of urea groups is 1. The predicted molar refractivity (Wildman–Crippen MR) is 134 cm³/mol. The van der Waals surface area contributed by atoms with Crippen molar-refractivity contribution in [1.29, 1.82) is 0 Å². The highest BCUT2D eigenvalue weighted by Crippen LogP contribution is 2.43. The lowest BCUT2D eigenvalue weighted by Gasteiger charge is -2.23. The first-order chi connectivity index (χ1) is 17.1. The summed E-state index contributed by atoms with van der Waals surface area (Å²) in [6.07, 6.45) is 9.32. The van der Waals surface area contributed by atoms with E-state index in [1.165, 1.54) is 5.69 Å². The van der Waals surface area contributed by atoms with E-state index in [0.29, 0.717) is 6.54 Å². The Bertz CT molecular complexity index is 1500. The van der Waals surface area contributed by atoms with Crippen LogP contribution >= 0.6 is 0 Å². The molecule has 2 N–H and O–H groups in total. The van der Waals surface area contributed by atoms with E-state index in [-0.39, 0.29) is 11.4 Å². The van der Waals surface area contributed by atoms with E-state index in [9.17, 15) is 4.79 Å². The number of pyridine rings is 2. The van der Waals surface area contributed by atoms with E-state index < -0.39 is 0 Å². The van der Waals surface area contributed by atoms with Crippen molar-refractivity contribution in [2.45, 2.75) is 38.6 Å². The summed E-state index contributed by atoms with van der Waals surface area (Å²) in [6.45, 7) is 7.03. The third-order valence-corrected chi connectivity index (χ3v) is 7.29. The lowest BCUT2D eigenvalue weighted by Crippen LogP contribution is -2.40. The summed E-state index contributed by atoms with van der Waals surface area (Å²) in [5.74, 6) is 6.51. The summed E-state index contributed by atoms with van der Waals surface area (Å²) >= 11 is 0. The van der Waals surface area contributed by atoms with Crippen LogP contribution in [0.2, 0.25) is 0 Å². The van der Waals surface area contributed by atoms with Crippen molar-refractivity contribution in [2.24, 2.45) is 0 Å². The van der Waals surface area contributed by atoms with Crippen LogP contribution in [0.1, 0.15) is 42.1 Å². The second-order valence-electron chi connectivity index (χ2n) is 9.44. The number of likely N-dealkylation sites (tertiary alicyclic amines) is 1. The first-order valence-electron chi connectivity index (χ1n) is 12.1. The molecule has 2 aliphatic rings. The van der Waals surface area contributed by atoms with Gasteiger partial charge in [-0.25, -0.2) is 9.78 Å². The largest absolute Gasteiger partial charge is 0.345 e. The molecule has 35 heavy (non-hydrogen) atoms. The van der Waals surface area contributed by atoms with Gasteiger partial charge < -0.3 is 15.2 Å². The number of rotatable bonds is 2. The van der Waals surface area contributed by atoms with Crippen LogP contribution in [-0.2, 0) is 12.0 Å². The molecular formula is C27H27N7O. The highest BCUT2D eigenvalue weighted by atomic mass is 16.2. The van der Waals surface area contributed by atoms with E-state index in [1.807, 2.05) is 37.2 Å². The predicted octanol–water partition coefficient (Wildman–Crippen LogP) is 3.61. The quantitative estimate of drug-likeness (QED) is 0.443. The molecule has 1 saturated heterocycles. The summed E-state index contributed by atoms with van der Waals surface area (Å²) in [4.78, 5) is 26.4. The molecule has 1 spiro atoms. The maximum Gasteiger partial charge on any atom is 0.317 e. The number of amides is 2. The third kappa shape index (κ3) is 3.64. The van der Waals surface area contributed by atoms with Gasteiger partial charge in [-0.3, -0.25) is 9.67 Å². The van der Waals surface area contributed by atoms with Gasteiger partial charge in [0.1, 0.15) is 5.65 Å². The molecule has 8 heteroatoms. The van der Waals surface area contributed by atoms with Crippen LogP contribution in [0.4, 0.5) is 4.79 Å². The Kier molecular flexibility index (Phi) is 5.06. The van der Waals surface area contributed by atoms with Gasteiger partial charge in [0, 0.05) is 78.6 Å². The van der Waals surface area contributed by atoms with Gasteiger partial charge in [-0.1, -0.05) is 11.8 Å². The van der Waals surface area contributed by atoms with E-state index in [1.54, 1.807) is 12.4 Å². The first-order valence-corrected chi connectivity index (χ1v) is 12.1. The van der Waals surface area contributed by atoms with Crippen molar-refractivity contribution >= 4 is 17.1 Å². The number of H-pyrrole nitrogens is 1. The molecular weight excluding hydrogens is 438 g/mol. The highest BCUT2D eigenvalue weighted by Gasteiger charge is 2.46. The van der Waals surface area contributed by atoms with E-state index in [2.05, 4.69) is 48.9 Å². The van der Waals surface area contributed by atoms with E-state index in [4.69, 9.17) is 5.10 Å². The van der Waals surface area contributed by atoms with Crippen LogP contribution in [0.5, 0.6) is 0 Å². The van der Waals surface area contributed by atoms with Gasteiger partial charge >= 0.3 is 6.03 Å². The molecule has 0 radical (unpaired) electrons. The van der Waals surface area contributed by atoms with Crippen molar-refractivity contribution in [3.8, 4) is 23.1 Å². The van der Waals surface area contributed by atoms with Crippen molar-refractivity contribution in [1.82, 2.24) is 34.9 Å². The lowest BCUT2D eigenvalue weighted by atomic mass is 9.82. The van der Waals surface area contributed by atoms with Gasteiger partial charge in [0.25, 0.3) is 0 Å². The monoisotopic (exact) mass is 465 g/mol. The van der Waals surface area contributed by atoms with Crippen LogP contribution in [0.15, 0.2) is 43.0 Å². The molecule has 8 nitrogen and oxygen atoms in total. The summed E-state index contributed by atoms with van der Waals surface area (Å²) in [5, 5.41) is 8.82. The molecule has 0 saturated carbocycles. The Hall–Kier alpha value is -4.12. The van der Waals surface area contributed by atoms with Gasteiger partial charge in [-0.15, -0.1) is 0 Å². The minimum Gasteiger partial charge on any atom is -0.345 e. The Morgan fingerprint density at radius 1 is 1.20 bits per heavy atom. The van der Waals surface area contributed by atoms with Gasteiger partial charge in [-0.2, -0.15) is 5.10 Å². The third-order valence-electron chi connectivity index (χ3n) is 7.29. The van der Waals surface area contributed by atoms with Gasteiger partial charge in [0.05, 0.1) is 11.3 Å². The zero-order valence-electron chi connectivity index (χ0n) is 19.9. The van der Waals surface area contributed by atoms with Gasteiger partial charge in [-0.05, 0) is 50.5 Å². The first kappa shape index (κ1) is 21.4. The maximum atomic E-state index is 12.4. The number of carbonyl (C=O) groups is 1. The highest BCUT2D eigenvalue weighted by molar-refractivity contribution is 5.87. The number of aryl methyl sites for hydroxylation is 2. The van der Waals surface area contributed by atoms with Crippen LogP contribution < -0.4 is 5.32 Å². The molecule has 6 heterocycles. The second-order valence-corrected chi connectivity index (χ2v) is 9.44. The number of carbonyl (C=O) groups excluding carboxylic acids is 1. The normalized spacial score (nSPS) is 18.6. The summed E-state index contributed by atoms with van der Waals surface area (Å²) in [5.41, 5.74) is 6.80. The zero-order valence-corrected chi connectivity index (χ0v) is 19.9. The van der Waals surface area contributed by atoms with Crippen molar-refractivity contribution in [3.63, 3.8) is 0 Å². The molecule has 1 atom stereocenters. The molecule has 176 valence electrons. The Morgan fingerprint density at radius 2 is 2.06 bits per heavy atom. The zero-order chi connectivity index (χ0) is 24.0. The number of hydrogen-bond donors (Lipinski definition) is 2. The Balaban J connectivity index is 1.31. The van der Waals surface area contributed by atoms with Crippen LogP contribution in [0.25, 0.3) is 22.3 Å². The van der Waals surface area contributed by atoms with Crippen molar-refractivity contribution in [2.75, 3.05) is 19.6 Å². The number of nitrogens with zero attached hydrogens (tertiary/aromatic N) is 5. The van der Waals surface area contributed by atoms with Crippen LogP contribution in [0, 0.1) is 18.8 Å². The molecule has 0 aliphatic carbocycles. The SMILES string of the molecule is CCNC(=O)N1CCC2(CCn3nc(-c4cnc5[nH]cc(C#Cc6cnccc6C)c5c4)cc32)C1. The summed E-state index contributed by atoms with van der Waals surface area (Å²) in [7, 11) is 0. The fraction of sp³-hybridized carbons (Fsp3) is 0.333. The number of fused-ring (bicyclic) bond motifs is 3. The van der Waals surface area contributed by atoms with Crippen LogP contribution in [0.3, 0.4) is 0 Å². The minimum absolute atomic E-state index is 0.0137. The molecule has 4 aromatic rings. The summed E-state index contributed by atoms with van der Waals surface area (Å²) < 4.78 is 2.11. The number of hydrogen-bond acceptors (Lipinski definition) is 4. The molecule has 1 fully saturated rings. The smallest absolute Gasteiger partial charge is 0.317 e. The Morgan fingerprint density at radius 3 is 2.91 bits per heavy atom. The minimum atomic E-state index is -0.0137. The molecule has 6 rings (SSSR count). The van der Waals surface area contributed by atoms with Crippen molar-refractivity contribution in [3.05, 3.63) is 65.4 Å².